The van der Waals surface area contributed by atoms with Crippen molar-refractivity contribution in [1.29, 1.82) is 0 Å². The summed E-state index contributed by atoms with van der Waals surface area (Å²) in [5.41, 5.74) is -2.52. The van der Waals surface area contributed by atoms with Gasteiger partial charge in [0.1, 0.15) is 27.5 Å². The fourth-order valence-electron chi connectivity index (χ4n) is 4.03. The Hall–Kier alpha value is -1.75. The fourth-order valence-corrected chi connectivity index (χ4v) is 5.98. The van der Waals surface area contributed by atoms with Gasteiger partial charge < -0.3 is 30.3 Å². The van der Waals surface area contributed by atoms with E-state index in [-0.39, 0.29) is 53.2 Å². The molecule has 1 aromatic rings. The Morgan fingerprint density at radius 2 is 1.75 bits per heavy atom. The number of alkyl carbamates (subject to hydrolysis) is 1. The SMILES string of the molecule is CC(C)C[C@H](NC(=O)OCC(C)(C)S(=O)(=O)c1ccccc1)C(=O)N[C@@H](C[C@@H]1CCNC1=O)C(O)S(=O)(=O)[O-].[Na+]. The molecular weight excluding hydrogens is 577 g/mol. The monoisotopic (exact) mass is 613 g/mol. The van der Waals surface area contributed by atoms with Gasteiger partial charge in [-0.3, -0.25) is 9.59 Å². The number of benzene rings is 1. The van der Waals surface area contributed by atoms with Crippen molar-refractivity contribution in [2.45, 2.75) is 74.1 Å². The van der Waals surface area contributed by atoms with Gasteiger partial charge in [-0.1, -0.05) is 32.0 Å². The Bertz CT molecular complexity index is 1240. The summed E-state index contributed by atoms with van der Waals surface area (Å²) in [6.07, 6.45) is -1.04. The summed E-state index contributed by atoms with van der Waals surface area (Å²) in [7, 11) is -9.14. The average molecular weight is 614 g/mol. The van der Waals surface area contributed by atoms with Crippen molar-refractivity contribution in [3.63, 3.8) is 0 Å². The van der Waals surface area contributed by atoms with Gasteiger partial charge in [0, 0.05) is 12.5 Å². The van der Waals surface area contributed by atoms with Gasteiger partial charge in [-0.15, -0.1) is 0 Å². The van der Waals surface area contributed by atoms with Crippen molar-refractivity contribution in [2.75, 3.05) is 13.2 Å². The third-order valence-electron chi connectivity index (χ3n) is 6.32. The first kappa shape index (κ1) is 36.3. The van der Waals surface area contributed by atoms with Crippen LogP contribution >= 0.6 is 0 Å². The largest absolute Gasteiger partial charge is 1.00 e. The van der Waals surface area contributed by atoms with Crippen LogP contribution in [0.1, 0.15) is 47.0 Å². The van der Waals surface area contributed by atoms with Crippen molar-refractivity contribution < 1.29 is 75.2 Å². The van der Waals surface area contributed by atoms with E-state index in [1.165, 1.54) is 26.0 Å². The molecule has 0 aliphatic carbocycles. The normalized spacial score (nSPS) is 18.2. The molecule has 1 fully saturated rings. The van der Waals surface area contributed by atoms with Gasteiger partial charge >= 0.3 is 35.7 Å². The third kappa shape index (κ3) is 9.96. The number of sulfone groups is 1. The molecule has 0 radical (unpaired) electrons. The molecule has 13 nitrogen and oxygen atoms in total. The molecule has 1 aliphatic rings. The van der Waals surface area contributed by atoms with Crippen LogP contribution in [0, 0.1) is 11.8 Å². The zero-order valence-electron chi connectivity index (χ0n) is 23.2. The summed E-state index contributed by atoms with van der Waals surface area (Å²) < 4.78 is 64.1. The van der Waals surface area contributed by atoms with Gasteiger partial charge in [-0.25, -0.2) is 21.6 Å². The molecule has 3 amide bonds. The van der Waals surface area contributed by atoms with Gasteiger partial charge in [-0.05, 0) is 51.2 Å². The molecule has 40 heavy (non-hydrogen) atoms. The van der Waals surface area contributed by atoms with Crippen LogP contribution < -0.4 is 45.5 Å². The molecule has 1 saturated heterocycles. The quantitative estimate of drug-likeness (QED) is 0.133. The van der Waals surface area contributed by atoms with Crippen molar-refractivity contribution in [3.8, 4) is 0 Å². The maximum atomic E-state index is 13.1. The smallest absolute Gasteiger partial charge is 0.746 e. The van der Waals surface area contributed by atoms with Crippen LogP contribution in [-0.4, -0.2) is 79.8 Å². The molecule has 0 spiro atoms. The van der Waals surface area contributed by atoms with Crippen LogP contribution in [0.3, 0.4) is 0 Å². The Labute approximate surface area is 257 Å². The van der Waals surface area contributed by atoms with E-state index in [1.807, 2.05) is 0 Å². The molecule has 4 N–H and O–H groups in total. The number of amides is 3. The number of nitrogens with one attached hydrogen (secondary N) is 3. The molecule has 1 aromatic carbocycles. The first-order chi connectivity index (χ1) is 18.0. The summed E-state index contributed by atoms with van der Waals surface area (Å²) in [6, 6.07) is 4.73. The Kier molecular flexibility index (Phi) is 13.5. The number of aliphatic hydroxyl groups excluding tert-OH is 1. The fraction of sp³-hybridized carbons (Fsp3) is 0.625. The van der Waals surface area contributed by atoms with E-state index in [2.05, 4.69) is 16.0 Å². The zero-order valence-corrected chi connectivity index (χ0v) is 26.9. The number of aliphatic hydroxyl groups is 1. The van der Waals surface area contributed by atoms with Crippen LogP contribution in [0.5, 0.6) is 0 Å². The van der Waals surface area contributed by atoms with Crippen LogP contribution in [-0.2, 0) is 34.3 Å². The molecule has 1 aliphatic heterocycles. The van der Waals surface area contributed by atoms with Crippen LogP contribution in [0.25, 0.3) is 0 Å². The van der Waals surface area contributed by atoms with Gasteiger partial charge in [0.15, 0.2) is 15.3 Å². The first-order valence-corrected chi connectivity index (χ1v) is 15.3. The number of hydrogen-bond donors (Lipinski definition) is 4. The maximum absolute atomic E-state index is 13.1. The summed E-state index contributed by atoms with van der Waals surface area (Å²) in [6.45, 7) is 6.05. The second-order valence-corrected chi connectivity index (χ2v) is 14.5. The van der Waals surface area contributed by atoms with Gasteiger partial charge in [-0.2, -0.15) is 0 Å². The molecular formula is C24H36N3NaO10S2. The molecule has 1 unspecified atom stereocenters. The molecule has 16 heteroatoms. The van der Waals surface area contributed by atoms with Gasteiger partial charge in [0.25, 0.3) is 0 Å². The summed E-state index contributed by atoms with van der Waals surface area (Å²) in [5.74, 6) is -2.20. The standard InChI is InChI=1S/C24H37N3O10S2.Na/c1-15(2)12-18(21(29)26-19(22(30)39(34,35)36)13-16-10-11-25-20(16)28)27-23(31)37-14-24(3,4)38(32,33)17-8-6-5-7-9-17;/h5-9,15-16,18-19,22,30H,10-14H2,1-4H3,(H,25,28)(H,26,29)(H,27,31)(H,34,35,36);/q;+1/p-1/t16-,18-,19-,22?;/m0./s1. The zero-order chi connectivity index (χ0) is 29.6. The topological polar surface area (TPSA) is 208 Å². The minimum Gasteiger partial charge on any atom is -0.746 e. The van der Waals surface area contributed by atoms with E-state index in [0.29, 0.717) is 13.0 Å². The van der Waals surface area contributed by atoms with Gasteiger partial charge in [0.2, 0.25) is 11.8 Å². The van der Waals surface area contributed by atoms with E-state index in [4.69, 9.17) is 4.74 Å². The van der Waals surface area contributed by atoms with E-state index in [0.717, 1.165) is 0 Å². The van der Waals surface area contributed by atoms with Crippen LogP contribution in [0.2, 0.25) is 0 Å². The van der Waals surface area contributed by atoms with Crippen molar-refractivity contribution >= 4 is 37.9 Å². The Morgan fingerprint density at radius 1 is 1.15 bits per heavy atom. The van der Waals surface area contributed by atoms with Crippen molar-refractivity contribution in [3.05, 3.63) is 30.3 Å². The minimum absolute atomic E-state index is 0. The predicted octanol–water partition coefficient (Wildman–Crippen LogP) is -2.74. The summed E-state index contributed by atoms with van der Waals surface area (Å²) in [5, 5.41) is 17.3. The second-order valence-electron chi connectivity index (χ2n) is 10.5. The molecule has 0 saturated carbocycles. The van der Waals surface area contributed by atoms with E-state index in [1.54, 1.807) is 32.0 Å². The van der Waals surface area contributed by atoms with Crippen LogP contribution in [0.4, 0.5) is 4.79 Å². The summed E-state index contributed by atoms with van der Waals surface area (Å²) in [4.78, 5) is 37.7. The molecule has 2 rings (SSSR count). The molecule has 220 valence electrons. The van der Waals surface area contributed by atoms with E-state index < -0.39 is 72.7 Å². The number of carbonyl (C=O) groups excluding carboxylic acids is 3. The number of hydrogen-bond acceptors (Lipinski definition) is 10. The summed E-state index contributed by atoms with van der Waals surface area (Å²) >= 11 is 0. The molecule has 0 bridgehead atoms. The third-order valence-corrected chi connectivity index (χ3v) is 9.70. The number of rotatable bonds is 13. The first-order valence-electron chi connectivity index (χ1n) is 12.4. The maximum Gasteiger partial charge on any atom is 1.00 e. The Morgan fingerprint density at radius 3 is 2.25 bits per heavy atom. The van der Waals surface area contributed by atoms with Gasteiger partial charge in [0.05, 0.1) is 10.9 Å². The second kappa shape index (κ2) is 14.9. The average Bonchev–Trinajstić information content (AvgIpc) is 3.25. The Balaban J connectivity index is 0.00000800. The van der Waals surface area contributed by atoms with E-state index >= 15 is 0 Å². The number of carbonyl (C=O) groups is 3. The van der Waals surface area contributed by atoms with Crippen LogP contribution in [0.15, 0.2) is 35.2 Å². The molecule has 1 heterocycles. The molecule has 0 aromatic heterocycles. The van der Waals surface area contributed by atoms with E-state index in [9.17, 15) is 40.9 Å². The predicted molar refractivity (Wildman–Crippen MR) is 139 cm³/mol. The number of ether oxygens (including phenoxy) is 1. The minimum atomic E-state index is -5.25. The molecule has 4 atom stereocenters. The van der Waals surface area contributed by atoms with Crippen molar-refractivity contribution in [2.24, 2.45) is 11.8 Å². The van der Waals surface area contributed by atoms with Crippen molar-refractivity contribution in [1.82, 2.24) is 16.0 Å².